The van der Waals surface area contributed by atoms with Crippen molar-refractivity contribution in [3.05, 3.63) is 28.3 Å². The fraction of sp³-hybridized carbons (Fsp3) is 0.500. The van der Waals surface area contributed by atoms with E-state index in [2.05, 4.69) is 4.72 Å². The van der Waals surface area contributed by atoms with Crippen LogP contribution in [0.25, 0.3) is 0 Å². The lowest BCUT2D eigenvalue weighted by molar-refractivity contribution is -0.385. The number of non-ortho nitro benzene ring substituents is 1. The minimum atomic E-state index is -3.91. The van der Waals surface area contributed by atoms with Crippen molar-refractivity contribution in [1.29, 1.82) is 0 Å². The summed E-state index contributed by atoms with van der Waals surface area (Å²) < 4.78 is 32.2. The summed E-state index contributed by atoms with van der Waals surface area (Å²) in [5.41, 5.74) is -0.963. The summed E-state index contributed by atoms with van der Waals surface area (Å²) in [6.45, 7) is 5.30. The highest BCUT2D eigenvalue weighted by Crippen LogP contribution is 2.29. The van der Waals surface area contributed by atoms with Crippen molar-refractivity contribution in [2.45, 2.75) is 37.6 Å². The molecule has 0 heterocycles. The van der Waals surface area contributed by atoms with Crippen molar-refractivity contribution < 1.29 is 18.1 Å². The van der Waals surface area contributed by atoms with Gasteiger partial charge in [0.1, 0.15) is 10.6 Å². The molecule has 0 bridgehead atoms. The van der Waals surface area contributed by atoms with Crippen LogP contribution in [0.5, 0.6) is 5.75 Å². The fourth-order valence-electron chi connectivity index (χ4n) is 1.48. The summed E-state index contributed by atoms with van der Waals surface area (Å²) in [6, 6.07) is 3.46. The molecule has 0 atom stereocenters. The minimum Gasteiger partial charge on any atom is -0.495 e. The molecule has 0 saturated heterocycles. The van der Waals surface area contributed by atoms with E-state index >= 15 is 0 Å². The topological polar surface area (TPSA) is 98.5 Å². The van der Waals surface area contributed by atoms with Crippen LogP contribution in [-0.4, -0.2) is 26.0 Å². The van der Waals surface area contributed by atoms with E-state index in [0.717, 1.165) is 6.07 Å². The van der Waals surface area contributed by atoms with Crippen molar-refractivity contribution in [3.63, 3.8) is 0 Å². The average molecular weight is 302 g/mol. The van der Waals surface area contributed by atoms with Gasteiger partial charge in [-0.25, -0.2) is 13.1 Å². The molecular weight excluding hydrogens is 284 g/mol. The largest absolute Gasteiger partial charge is 0.495 e. The van der Waals surface area contributed by atoms with Gasteiger partial charge in [-0.3, -0.25) is 10.1 Å². The Hall–Kier alpha value is -1.67. The van der Waals surface area contributed by atoms with E-state index in [9.17, 15) is 18.5 Å². The second-order valence-corrected chi connectivity index (χ2v) is 6.59. The predicted octanol–water partition coefficient (Wildman–Crippen LogP) is 2.07. The quantitative estimate of drug-likeness (QED) is 0.640. The van der Waals surface area contributed by atoms with Crippen LogP contribution in [0, 0.1) is 10.1 Å². The Kier molecular flexibility index (Phi) is 4.72. The highest BCUT2D eigenvalue weighted by atomic mass is 32.2. The van der Waals surface area contributed by atoms with Gasteiger partial charge in [0, 0.05) is 17.7 Å². The SMILES string of the molecule is CCC(C)(C)NS(=O)(=O)c1cc([N+](=O)[O-])ccc1OC. The first-order valence-electron chi connectivity index (χ1n) is 5.99. The highest BCUT2D eigenvalue weighted by Gasteiger charge is 2.28. The van der Waals surface area contributed by atoms with Crippen molar-refractivity contribution in [2.24, 2.45) is 0 Å². The van der Waals surface area contributed by atoms with Crippen molar-refractivity contribution in [2.75, 3.05) is 7.11 Å². The van der Waals surface area contributed by atoms with Crippen molar-refractivity contribution in [3.8, 4) is 5.75 Å². The Morgan fingerprint density at radius 1 is 1.40 bits per heavy atom. The molecule has 1 N–H and O–H groups in total. The van der Waals surface area contributed by atoms with Gasteiger partial charge in [-0.2, -0.15) is 0 Å². The molecule has 8 heteroatoms. The number of ether oxygens (including phenoxy) is 1. The number of hydrogen-bond donors (Lipinski definition) is 1. The lowest BCUT2D eigenvalue weighted by Gasteiger charge is -2.24. The van der Waals surface area contributed by atoms with Crippen LogP contribution in [0.1, 0.15) is 27.2 Å². The number of methoxy groups -OCH3 is 1. The Balaban J connectivity index is 3.36. The van der Waals surface area contributed by atoms with Gasteiger partial charge in [0.05, 0.1) is 12.0 Å². The second-order valence-electron chi connectivity index (χ2n) is 4.94. The van der Waals surface area contributed by atoms with E-state index in [-0.39, 0.29) is 16.3 Å². The molecular formula is C12H18N2O5S. The Morgan fingerprint density at radius 3 is 2.45 bits per heavy atom. The molecule has 0 spiro atoms. The molecule has 0 saturated carbocycles. The van der Waals surface area contributed by atoms with Crippen LogP contribution in [0.4, 0.5) is 5.69 Å². The molecule has 7 nitrogen and oxygen atoms in total. The van der Waals surface area contributed by atoms with Gasteiger partial charge in [-0.1, -0.05) is 6.92 Å². The second kappa shape index (κ2) is 5.76. The number of nitro benzene ring substituents is 1. The van der Waals surface area contributed by atoms with E-state index in [1.165, 1.54) is 19.2 Å². The average Bonchev–Trinajstić information content (AvgIpc) is 2.36. The fourth-order valence-corrected chi connectivity index (χ4v) is 3.15. The molecule has 0 aliphatic rings. The van der Waals surface area contributed by atoms with Gasteiger partial charge in [0.2, 0.25) is 10.0 Å². The van der Waals surface area contributed by atoms with Gasteiger partial charge in [-0.05, 0) is 26.3 Å². The highest BCUT2D eigenvalue weighted by molar-refractivity contribution is 7.89. The Morgan fingerprint density at radius 2 is 2.00 bits per heavy atom. The van der Waals surface area contributed by atoms with Gasteiger partial charge in [0.25, 0.3) is 5.69 Å². The van der Waals surface area contributed by atoms with Gasteiger partial charge in [-0.15, -0.1) is 0 Å². The van der Waals surface area contributed by atoms with Gasteiger partial charge in [0.15, 0.2) is 0 Å². The van der Waals surface area contributed by atoms with Crippen molar-refractivity contribution in [1.82, 2.24) is 4.72 Å². The molecule has 0 fully saturated rings. The van der Waals surface area contributed by atoms with E-state index in [4.69, 9.17) is 4.74 Å². The first-order valence-corrected chi connectivity index (χ1v) is 7.47. The zero-order valence-corrected chi connectivity index (χ0v) is 12.7. The number of nitrogens with zero attached hydrogens (tertiary/aromatic N) is 1. The summed E-state index contributed by atoms with van der Waals surface area (Å²) in [4.78, 5) is 9.88. The monoisotopic (exact) mass is 302 g/mol. The van der Waals surface area contributed by atoms with Crippen LogP contribution >= 0.6 is 0 Å². The van der Waals surface area contributed by atoms with E-state index in [0.29, 0.717) is 6.42 Å². The van der Waals surface area contributed by atoms with Crippen LogP contribution in [0.15, 0.2) is 23.1 Å². The van der Waals surface area contributed by atoms with Gasteiger partial charge >= 0.3 is 0 Å². The van der Waals surface area contributed by atoms with E-state index < -0.39 is 20.5 Å². The standard InChI is InChI=1S/C12H18N2O5S/c1-5-12(2,3)13-20(17,18)11-8-9(14(15)16)6-7-10(11)19-4/h6-8,13H,5H2,1-4H3. The third-order valence-corrected chi connectivity index (χ3v) is 4.66. The molecule has 0 aliphatic heterocycles. The Bertz CT molecular complexity index is 610. The molecule has 0 radical (unpaired) electrons. The predicted molar refractivity (Wildman–Crippen MR) is 74.3 cm³/mol. The third kappa shape index (κ3) is 3.67. The normalized spacial score (nSPS) is 12.2. The summed E-state index contributed by atoms with van der Waals surface area (Å²) >= 11 is 0. The van der Waals surface area contributed by atoms with Crippen LogP contribution in [0.2, 0.25) is 0 Å². The molecule has 0 amide bonds. The number of rotatable bonds is 6. The lowest BCUT2D eigenvalue weighted by Crippen LogP contribution is -2.42. The summed E-state index contributed by atoms with van der Waals surface area (Å²) in [5.74, 6) is 0.0648. The zero-order chi connectivity index (χ0) is 15.6. The number of hydrogen-bond acceptors (Lipinski definition) is 5. The van der Waals surface area contributed by atoms with Crippen LogP contribution < -0.4 is 9.46 Å². The number of sulfonamides is 1. The number of nitro groups is 1. The first kappa shape index (κ1) is 16.4. The molecule has 0 unspecified atom stereocenters. The molecule has 0 aromatic heterocycles. The maximum atomic E-state index is 12.3. The lowest BCUT2D eigenvalue weighted by atomic mass is 10.0. The molecule has 112 valence electrons. The Labute approximate surface area is 118 Å². The summed E-state index contributed by atoms with van der Waals surface area (Å²) in [7, 11) is -2.60. The van der Waals surface area contributed by atoms with E-state index in [1.54, 1.807) is 13.8 Å². The summed E-state index contributed by atoms with van der Waals surface area (Å²) in [5, 5.41) is 10.8. The number of nitrogens with one attached hydrogen (secondary N) is 1. The van der Waals surface area contributed by atoms with E-state index in [1.807, 2.05) is 6.92 Å². The molecule has 0 aliphatic carbocycles. The zero-order valence-electron chi connectivity index (χ0n) is 11.8. The third-order valence-electron chi connectivity index (χ3n) is 2.94. The number of benzene rings is 1. The molecule has 1 rings (SSSR count). The van der Waals surface area contributed by atoms with Crippen molar-refractivity contribution >= 4 is 15.7 Å². The minimum absolute atomic E-state index is 0.0648. The van der Waals surface area contributed by atoms with Crippen LogP contribution in [0.3, 0.4) is 0 Å². The van der Waals surface area contributed by atoms with Gasteiger partial charge < -0.3 is 4.74 Å². The smallest absolute Gasteiger partial charge is 0.271 e. The first-order chi connectivity index (χ1) is 9.13. The molecule has 1 aromatic rings. The molecule has 1 aromatic carbocycles. The summed E-state index contributed by atoms with van der Waals surface area (Å²) in [6.07, 6.45) is 0.573. The maximum Gasteiger partial charge on any atom is 0.271 e. The maximum absolute atomic E-state index is 12.3. The van der Waals surface area contributed by atoms with Crippen LogP contribution in [-0.2, 0) is 10.0 Å². The molecule has 20 heavy (non-hydrogen) atoms.